The molecule has 0 aliphatic rings. The fourth-order valence-electron chi connectivity index (χ4n) is 0.827. The van der Waals surface area contributed by atoms with Gasteiger partial charge in [0.25, 0.3) is 0 Å². The van der Waals surface area contributed by atoms with Crippen molar-refractivity contribution in [2.75, 3.05) is 6.61 Å². The van der Waals surface area contributed by atoms with E-state index < -0.39 is 0 Å². The largest absolute Gasteiger partial charge is 0.396 e. The lowest BCUT2D eigenvalue weighted by Crippen LogP contribution is -1.96. The van der Waals surface area contributed by atoms with E-state index in [-0.39, 0.29) is 12.4 Å². The zero-order chi connectivity index (χ0) is 8.97. The Labute approximate surface area is 79.8 Å². The van der Waals surface area contributed by atoms with E-state index >= 15 is 0 Å². The number of hydrogen-bond donors (Lipinski definition) is 1. The summed E-state index contributed by atoms with van der Waals surface area (Å²) in [5.41, 5.74) is 0. The summed E-state index contributed by atoms with van der Waals surface area (Å²) in [5, 5.41) is 8.49. The minimum Gasteiger partial charge on any atom is -0.396 e. The van der Waals surface area contributed by atoms with E-state index in [1.165, 1.54) is 11.3 Å². The van der Waals surface area contributed by atoms with Gasteiger partial charge in [-0.15, -0.1) is 11.3 Å². The van der Waals surface area contributed by atoms with Crippen molar-refractivity contribution in [3.8, 4) is 0 Å². The molecule has 0 atom stereocenters. The van der Waals surface area contributed by atoms with Crippen molar-refractivity contribution in [3.05, 3.63) is 21.3 Å². The van der Waals surface area contributed by atoms with Crippen LogP contribution in [0.25, 0.3) is 0 Å². The number of thiophene rings is 1. The lowest BCUT2D eigenvalue weighted by atomic mass is 10.2. The minimum atomic E-state index is 0.0564. The summed E-state index contributed by atoms with van der Waals surface area (Å²) in [6, 6.07) is 3.42. The first-order valence-corrected chi connectivity index (χ1v) is 4.83. The average molecular weight is 205 g/mol. The number of aliphatic hydroxyl groups is 1. The fourth-order valence-corrected chi connectivity index (χ4v) is 1.84. The summed E-state index contributed by atoms with van der Waals surface area (Å²) in [7, 11) is 0. The monoisotopic (exact) mass is 204 g/mol. The summed E-state index contributed by atoms with van der Waals surface area (Å²) < 4.78 is 0.627. The molecule has 0 amide bonds. The van der Waals surface area contributed by atoms with Crippen molar-refractivity contribution in [1.82, 2.24) is 0 Å². The quantitative estimate of drug-likeness (QED) is 0.765. The van der Waals surface area contributed by atoms with Crippen molar-refractivity contribution in [2.24, 2.45) is 0 Å². The normalized spacial score (nSPS) is 10.2. The summed E-state index contributed by atoms with van der Waals surface area (Å²) in [6.45, 7) is 0.0604. The van der Waals surface area contributed by atoms with Gasteiger partial charge in [0.2, 0.25) is 0 Å². The van der Waals surface area contributed by atoms with Gasteiger partial charge in [0, 0.05) is 13.0 Å². The Hall–Kier alpha value is -0.380. The predicted molar refractivity (Wildman–Crippen MR) is 50.0 cm³/mol. The van der Waals surface area contributed by atoms with E-state index in [4.69, 9.17) is 16.7 Å². The molecular weight excluding hydrogens is 196 g/mol. The second-order valence-electron chi connectivity index (χ2n) is 2.35. The molecular formula is C8H9ClO2S. The van der Waals surface area contributed by atoms with Gasteiger partial charge in [-0.05, 0) is 18.6 Å². The van der Waals surface area contributed by atoms with Crippen LogP contribution in [-0.4, -0.2) is 17.5 Å². The summed E-state index contributed by atoms with van der Waals surface area (Å²) >= 11 is 6.94. The Balaban J connectivity index is 2.53. The number of hydrogen-bond acceptors (Lipinski definition) is 3. The molecule has 0 aromatic carbocycles. The zero-order valence-electron chi connectivity index (χ0n) is 6.42. The first-order chi connectivity index (χ1) is 5.74. The second kappa shape index (κ2) is 4.60. The van der Waals surface area contributed by atoms with Gasteiger partial charge in [-0.3, -0.25) is 4.79 Å². The molecule has 0 radical (unpaired) electrons. The zero-order valence-corrected chi connectivity index (χ0v) is 7.99. The van der Waals surface area contributed by atoms with Gasteiger partial charge < -0.3 is 5.11 Å². The van der Waals surface area contributed by atoms with Crippen LogP contribution in [0.3, 0.4) is 0 Å². The molecule has 12 heavy (non-hydrogen) atoms. The molecule has 0 fully saturated rings. The third kappa shape index (κ3) is 2.59. The smallest absolute Gasteiger partial charge is 0.172 e. The van der Waals surface area contributed by atoms with Crippen molar-refractivity contribution in [3.63, 3.8) is 0 Å². The molecule has 0 aliphatic carbocycles. The lowest BCUT2D eigenvalue weighted by Gasteiger charge is -1.93. The van der Waals surface area contributed by atoms with Crippen LogP contribution >= 0.6 is 22.9 Å². The highest BCUT2D eigenvalue weighted by Crippen LogP contribution is 2.22. The number of carbonyl (C=O) groups is 1. The van der Waals surface area contributed by atoms with Crippen LogP contribution in [0.1, 0.15) is 22.5 Å². The van der Waals surface area contributed by atoms with Gasteiger partial charge in [-0.25, -0.2) is 0 Å². The van der Waals surface area contributed by atoms with Gasteiger partial charge in [0.15, 0.2) is 5.78 Å². The molecule has 0 aliphatic heterocycles. The Kier molecular flexibility index (Phi) is 3.72. The maximum Gasteiger partial charge on any atom is 0.172 e. The van der Waals surface area contributed by atoms with Crippen LogP contribution in [-0.2, 0) is 0 Å². The Morgan fingerprint density at radius 2 is 2.33 bits per heavy atom. The molecule has 0 bridgehead atoms. The number of rotatable bonds is 4. The fraction of sp³-hybridized carbons (Fsp3) is 0.375. The number of halogens is 1. The van der Waals surface area contributed by atoms with Crippen LogP contribution < -0.4 is 0 Å². The lowest BCUT2D eigenvalue weighted by molar-refractivity contribution is 0.0975. The Bertz CT molecular complexity index is 270. The topological polar surface area (TPSA) is 37.3 Å². The molecule has 1 aromatic heterocycles. The highest BCUT2D eigenvalue weighted by atomic mass is 35.5. The number of aliphatic hydroxyl groups excluding tert-OH is 1. The van der Waals surface area contributed by atoms with Gasteiger partial charge in [0.1, 0.15) is 0 Å². The number of Topliss-reactive ketones (excluding diaryl/α,β-unsaturated/α-hetero) is 1. The van der Waals surface area contributed by atoms with Gasteiger partial charge >= 0.3 is 0 Å². The summed E-state index contributed by atoms with van der Waals surface area (Å²) in [6.07, 6.45) is 0.918. The number of ketones is 1. The van der Waals surface area contributed by atoms with E-state index in [0.29, 0.717) is 22.1 Å². The highest BCUT2D eigenvalue weighted by molar-refractivity contribution is 7.18. The molecule has 1 aromatic rings. The Morgan fingerprint density at radius 3 is 2.83 bits per heavy atom. The summed E-state index contributed by atoms with van der Waals surface area (Å²) in [4.78, 5) is 11.9. The van der Waals surface area contributed by atoms with Crippen molar-refractivity contribution >= 4 is 28.7 Å². The van der Waals surface area contributed by atoms with Gasteiger partial charge in [-0.1, -0.05) is 11.6 Å². The van der Waals surface area contributed by atoms with Gasteiger partial charge in [0.05, 0.1) is 9.21 Å². The van der Waals surface area contributed by atoms with Crippen LogP contribution in [0.4, 0.5) is 0 Å². The number of carbonyl (C=O) groups excluding carboxylic acids is 1. The maximum atomic E-state index is 11.3. The van der Waals surface area contributed by atoms with Crippen LogP contribution in [0.2, 0.25) is 4.34 Å². The standard InChI is InChI=1S/C8H9ClO2S/c9-8-4-3-7(12-8)6(11)2-1-5-10/h3-4,10H,1-2,5H2. The van der Waals surface area contributed by atoms with Crippen molar-refractivity contribution < 1.29 is 9.90 Å². The first kappa shape index (κ1) is 9.71. The third-order valence-electron chi connectivity index (χ3n) is 1.41. The second-order valence-corrected chi connectivity index (χ2v) is 4.07. The van der Waals surface area contributed by atoms with E-state index in [9.17, 15) is 4.79 Å². The molecule has 0 saturated heterocycles. The minimum absolute atomic E-state index is 0.0564. The molecule has 66 valence electrons. The highest BCUT2D eigenvalue weighted by Gasteiger charge is 2.07. The average Bonchev–Trinajstić information content (AvgIpc) is 2.47. The van der Waals surface area contributed by atoms with E-state index in [1.807, 2.05) is 0 Å². The van der Waals surface area contributed by atoms with Crippen LogP contribution in [0.5, 0.6) is 0 Å². The Morgan fingerprint density at radius 1 is 1.58 bits per heavy atom. The SMILES string of the molecule is O=C(CCCO)c1ccc(Cl)s1. The molecule has 1 N–H and O–H groups in total. The van der Waals surface area contributed by atoms with E-state index in [1.54, 1.807) is 12.1 Å². The van der Waals surface area contributed by atoms with E-state index in [2.05, 4.69) is 0 Å². The van der Waals surface area contributed by atoms with Gasteiger partial charge in [-0.2, -0.15) is 0 Å². The van der Waals surface area contributed by atoms with Crippen molar-refractivity contribution in [2.45, 2.75) is 12.8 Å². The third-order valence-corrected chi connectivity index (χ3v) is 2.68. The van der Waals surface area contributed by atoms with Crippen LogP contribution in [0, 0.1) is 0 Å². The van der Waals surface area contributed by atoms with Crippen LogP contribution in [0.15, 0.2) is 12.1 Å². The molecule has 1 rings (SSSR count). The first-order valence-electron chi connectivity index (χ1n) is 3.63. The molecule has 0 saturated carbocycles. The molecule has 4 heteroatoms. The molecule has 0 unspecified atom stereocenters. The molecule has 0 spiro atoms. The van der Waals surface area contributed by atoms with E-state index in [0.717, 1.165) is 0 Å². The van der Waals surface area contributed by atoms with Crippen molar-refractivity contribution in [1.29, 1.82) is 0 Å². The molecule has 1 heterocycles. The predicted octanol–water partition coefficient (Wildman–Crippen LogP) is 2.36. The molecule has 2 nitrogen and oxygen atoms in total. The summed E-state index contributed by atoms with van der Waals surface area (Å²) in [5.74, 6) is 0.0564. The maximum absolute atomic E-state index is 11.3.